The van der Waals surface area contributed by atoms with Gasteiger partial charge in [-0.3, -0.25) is 4.79 Å². The molecule has 0 radical (unpaired) electrons. The maximum absolute atomic E-state index is 12.8. The Hall–Kier alpha value is -2.90. The molecule has 1 aliphatic heterocycles. The SMILES string of the molecule is O=C(OCC(=O)N1N=C(c2cccs2)CC1c1ccco1)c1ccccc1Cl. The van der Waals surface area contributed by atoms with Gasteiger partial charge in [0.25, 0.3) is 5.91 Å². The summed E-state index contributed by atoms with van der Waals surface area (Å²) in [4.78, 5) is 26.0. The fourth-order valence-corrected chi connectivity index (χ4v) is 3.87. The van der Waals surface area contributed by atoms with E-state index in [0.717, 1.165) is 10.6 Å². The van der Waals surface area contributed by atoms with Crippen LogP contribution in [0.2, 0.25) is 5.02 Å². The number of hydrogen-bond donors (Lipinski definition) is 0. The lowest BCUT2D eigenvalue weighted by Crippen LogP contribution is -2.31. The van der Waals surface area contributed by atoms with Gasteiger partial charge >= 0.3 is 5.97 Å². The highest BCUT2D eigenvalue weighted by molar-refractivity contribution is 7.12. The van der Waals surface area contributed by atoms with Gasteiger partial charge in [-0.05, 0) is 35.7 Å². The van der Waals surface area contributed by atoms with Crippen LogP contribution >= 0.6 is 22.9 Å². The Morgan fingerprint density at radius 2 is 2.07 bits per heavy atom. The first-order valence-corrected chi connectivity index (χ1v) is 9.77. The smallest absolute Gasteiger partial charge is 0.340 e. The Bertz CT molecular complexity index is 1010. The third-order valence-electron chi connectivity index (χ3n) is 4.26. The average molecular weight is 415 g/mol. The minimum Gasteiger partial charge on any atom is -0.467 e. The van der Waals surface area contributed by atoms with Crippen LogP contribution in [0.5, 0.6) is 0 Å². The van der Waals surface area contributed by atoms with Gasteiger partial charge in [0, 0.05) is 6.42 Å². The zero-order valence-corrected chi connectivity index (χ0v) is 16.2. The van der Waals surface area contributed by atoms with Gasteiger partial charge in [-0.1, -0.05) is 29.8 Å². The molecule has 3 aromatic rings. The Labute approximate surface area is 170 Å². The van der Waals surface area contributed by atoms with Crippen molar-refractivity contribution in [2.24, 2.45) is 5.10 Å². The third-order valence-corrected chi connectivity index (χ3v) is 5.51. The summed E-state index contributed by atoms with van der Waals surface area (Å²) in [6.07, 6.45) is 2.08. The normalized spacial score (nSPS) is 16.1. The lowest BCUT2D eigenvalue weighted by molar-refractivity contribution is -0.136. The summed E-state index contributed by atoms with van der Waals surface area (Å²) in [6.45, 7) is -0.442. The summed E-state index contributed by atoms with van der Waals surface area (Å²) in [5.74, 6) is -0.468. The molecule has 142 valence electrons. The number of carbonyl (C=O) groups is 2. The van der Waals surface area contributed by atoms with Crippen molar-refractivity contribution < 1.29 is 18.7 Å². The second-order valence-corrected chi connectivity index (χ2v) is 7.41. The molecule has 0 N–H and O–H groups in total. The quantitative estimate of drug-likeness (QED) is 0.575. The second kappa shape index (κ2) is 8.00. The molecule has 8 heteroatoms. The first-order chi connectivity index (χ1) is 13.6. The van der Waals surface area contributed by atoms with Crippen LogP contribution in [0.4, 0.5) is 0 Å². The van der Waals surface area contributed by atoms with Crippen LogP contribution in [0.1, 0.15) is 33.5 Å². The molecule has 0 bridgehead atoms. The first kappa shape index (κ1) is 18.5. The largest absolute Gasteiger partial charge is 0.467 e. The number of hydrazone groups is 1. The molecule has 0 saturated heterocycles. The van der Waals surface area contributed by atoms with Crippen LogP contribution in [0.25, 0.3) is 0 Å². The monoisotopic (exact) mass is 414 g/mol. The first-order valence-electron chi connectivity index (χ1n) is 8.52. The van der Waals surface area contributed by atoms with Crippen molar-refractivity contribution in [2.45, 2.75) is 12.5 Å². The van der Waals surface area contributed by atoms with Crippen LogP contribution in [0, 0.1) is 0 Å². The highest BCUT2D eigenvalue weighted by Gasteiger charge is 2.35. The van der Waals surface area contributed by atoms with E-state index in [1.54, 1.807) is 54.0 Å². The molecule has 0 saturated carbocycles. The Balaban J connectivity index is 1.50. The van der Waals surface area contributed by atoms with E-state index in [9.17, 15) is 9.59 Å². The zero-order chi connectivity index (χ0) is 19.5. The minimum atomic E-state index is -0.657. The lowest BCUT2D eigenvalue weighted by Gasteiger charge is -2.19. The van der Waals surface area contributed by atoms with Crippen molar-refractivity contribution in [1.82, 2.24) is 5.01 Å². The van der Waals surface area contributed by atoms with Crippen LogP contribution in [0.15, 0.2) is 69.7 Å². The number of halogens is 1. The number of esters is 1. The van der Waals surface area contributed by atoms with Gasteiger partial charge in [0.05, 0.1) is 27.4 Å². The molecular formula is C20H15ClN2O4S. The second-order valence-electron chi connectivity index (χ2n) is 6.05. The minimum absolute atomic E-state index is 0.212. The number of rotatable bonds is 5. The van der Waals surface area contributed by atoms with E-state index in [2.05, 4.69) is 5.10 Å². The molecule has 1 unspecified atom stereocenters. The van der Waals surface area contributed by atoms with Crippen molar-refractivity contribution in [1.29, 1.82) is 0 Å². The molecule has 28 heavy (non-hydrogen) atoms. The Morgan fingerprint density at radius 1 is 1.21 bits per heavy atom. The number of amides is 1. The Morgan fingerprint density at radius 3 is 2.79 bits per heavy atom. The summed E-state index contributed by atoms with van der Waals surface area (Å²) >= 11 is 7.55. The molecule has 1 atom stereocenters. The average Bonchev–Trinajstić information content (AvgIpc) is 3.46. The number of nitrogens with zero attached hydrogens (tertiary/aromatic N) is 2. The number of hydrogen-bond acceptors (Lipinski definition) is 6. The molecular weight excluding hydrogens is 400 g/mol. The van der Waals surface area contributed by atoms with Crippen LogP contribution in [0.3, 0.4) is 0 Å². The predicted molar refractivity (Wildman–Crippen MR) is 106 cm³/mol. The standard InChI is InChI=1S/C20H15ClN2O4S/c21-14-6-2-1-5-13(14)20(25)27-12-19(24)23-16(17-7-3-9-26-17)11-15(22-23)18-8-4-10-28-18/h1-10,16H,11-12H2. The van der Waals surface area contributed by atoms with Gasteiger partial charge in [-0.2, -0.15) is 5.10 Å². The van der Waals surface area contributed by atoms with Gasteiger partial charge in [-0.25, -0.2) is 9.80 Å². The van der Waals surface area contributed by atoms with Crippen molar-refractivity contribution in [3.8, 4) is 0 Å². The van der Waals surface area contributed by atoms with Crippen molar-refractivity contribution in [2.75, 3.05) is 6.61 Å². The predicted octanol–water partition coefficient (Wildman–Crippen LogP) is 4.53. The molecule has 0 aliphatic carbocycles. The molecule has 4 rings (SSSR count). The number of ether oxygens (including phenoxy) is 1. The summed E-state index contributed by atoms with van der Waals surface area (Å²) in [7, 11) is 0. The topological polar surface area (TPSA) is 72.1 Å². The van der Waals surface area contributed by atoms with E-state index in [-0.39, 0.29) is 16.6 Å². The van der Waals surface area contributed by atoms with Gasteiger partial charge in [-0.15, -0.1) is 11.3 Å². The van der Waals surface area contributed by atoms with Crippen LogP contribution in [-0.4, -0.2) is 29.2 Å². The maximum atomic E-state index is 12.8. The van der Waals surface area contributed by atoms with E-state index in [1.165, 1.54) is 5.01 Å². The lowest BCUT2D eigenvalue weighted by atomic mass is 10.1. The van der Waals surface area contributed by atoms with E-state index in [0.29, 0.717) is 12.2 Å². The summed E-state index contributed by atoms with van der Waals surface area (Å²) in [5, 5.41) is 8.02. The van der Waals surface area contributed by atoms with Gasteiger partial charge < -0.3 is 9.15 Å². The molecule has 2 aromatic heterocycles. The third kappa shape index (κ3) is 3.72. The van der Waals surface area contributed by atoms with Crippen LogP contribution < -0.4 is 0 Å². The molecule has 1 aliphatic rings. The molecule has 3 heterocycles. The number of thiophene rings is 1. The highest BCUT2D eigenvalue weighted by atomic mass is 35.5. The van der Waals surface area contributed by atoms with Crippen molar-refractivity contribution >= 4 is 40.5 Å². The summed E-state index contributed by atoms with van der Waals surface area (Å²) in [5.41, 5.74) is 1.01. The number of furan rings is 1. The van der Waals surface area contributed by atoms with Gasteiger partial charge in [0.1, 0.15) is 11.8 Å². The Kier molecular flexibility index (Phi) is 5.27. The van der Waals surface area contributed by atoms with Crippen molar-refractivity contribution in [3.63, 3.8) is 0 Å². The van der Waals surface area contributed by atoms with Gasteiger partial charge in [0.2, 0.25) is 0 Å². The van der Waals surface area contributed by atoms with E-state index in [4.69, 9.17) is 20.8 Å². The molecule has 0 spiro atoms. The van der Waals surface area contributed by atoms with Crippen LogP contribution in [-0.2, 0) is 9.53 Å². The zero-order valence-electron chi connectivity index (χ0n) is 14.6. The van der Waals surface area contributed by atoms with Gasteiger partial charge in [0.15, 0.2) is 6.61 Å². The molecule has 1 aromatic carbocycles. The highest BCUT2D eigenvalue weighted by Crippen LogP contribution is 2.34. The molecule has 1 amide bonds. The van der Waals surface area contributed by atoms with E-state index in [1.807, 2.05) is 17.5 Å². The van der Waals surface area contributed by atoms with E-state index >= 15 is 0 Å². The van der Waals surface area contributed by atoms with E-state index < -0.39 is 18.5 Å². The summed E-state index contributed by atoms with van der Waals surface area (Å²) < 4.78 is 10.6. The maximum Gasteiger partial charge on any atom is 0.340 e. The fourth-order valence-electron chi connectivity index (χ4n) is 2.93. The van der Waals surface area contributed by atoms with Crippen molar-refractivity contribution in [3.05, 3.63) is 81.4 Å². The molecule has 6 nitrogen and oxygen atoms in total. The molecule has 0 fully saturated rings. The summed E-state index contributed by atoms with van der Waals surface area (Å²) in [6, 6.07) is 13.6. The number of benzene rings is 1. The fraction of sp³-hybridized carbons (Fsp3) is 0.150. The number of carbonyl (C=O) groups excluding carboxylic acids is 2.